The first-order valence-electron chi connectivity index (χ1n) is 7.23. The molecule has 106 valence electrons. The summed E-state index contributed by atoms with van der Waals surface area (Å²) in [6, 6.07) is 0.402. The molecule has 0 aromatic carbocycles. The van der Waals surface area contributed by atoms with Crippen LogP contribution in [0.25, 0.3) is 0 Å². The van der Waals surface area contributed by atoms with Gasteiger partial charge in [0.25, 0.3) is 0 Å². The van der Waals surface area contributed by atoms with Gasteiger partial charge in [0.15, 0.2) is 0 Å². The van der Waals surface area contributed by atoms with E-state index in [9.17, 15) is 0 Å². The van der Waals surface area contributed by atoms with Crippen molar-refractivity contribution in [1.82, 2.24) is 20.5 Å². The van der Waals surface area contributed by atoms with Crippen LogP contribution in [0.15, 0.2) is 0 Å². The molecule has 5 nitrogen and oxygen atoms in total. The number of anilines is 1. The summed E-state index contributed by atoms with van der Waals surface area (Å²) in [6.45, 7) is 11.6. The van der Waals surface area contributed by atoms with Crippen molar-refractivity contribution in [3.63, 3.8) is 0 Å². The fourth-order valence-electron chi connectivity index (χ4n) is 2.43. The lowest BCUT2D eigenvalue weighted by Gasteiger charge is -2.32. The van der Waals surface area contributed by atoms with Gasteiger partial charge in [-0.15, -0.1) is 5.10 Å². The summed E-state index contributed by atoms with van der Waals surface area (Å²) >= 11 is 0. The van der Waals surface area contributed by atoms with Gasteiger partial charge in [-0.05, 0) is 59.5 Å². The fraction of sp³-hybridized carbons (Fsp3) is 0.786. The molecule has 1 fully saturated rings. The molecule has 0 spiro atoms. The minimum Gasteiger partial charge on any atom is -0.337 e. The SMILES string of the molecule is Cc1nnc(N(CC2CCNCC2)C(C)C)nc1C. The zero-order valence-electron chi connectivity index (χ0n) is 12.5. The number of hydrogen-bond donors (Lipinski definition) is 1. The van der Waals surface area contributed by atoms with Gasteiger partial charge in [-0.25, -0.2) is 4.98 Å². The van der Waals surface area contributed by atoms with Crippen molar-refractivity contribution in [3.05, 3.63) is 11.4 Å². The topological polar surface area (TPSA) is 53.9 Å². The molecule has 0 radical (unpaired) electrons. The van der Waals surface area contributed by atoms with E-state index in [0.717, 1.165) is 42.9 Å². The van der Waals surface area contributed by atoms with Crippen LogP contribution in [0.4, 0.5) is 5.95 Å². The second-order valence-corrected chi connectivity index (χ2v) is 5.72. The fourth-order valence-corrected chi connectivity index (χ4v) is 2.43. The molecule has 19 heavy (non-hydrogen) atoms. The van der Waals surface area contributed by atoms with Crippen LogP contribution in [0.5, 0.6) is 0 Å². The summed E-state index contributed by atoms with van der Waals surface area (Å²) in [5, 5.41) is 11.9. The van der Waals surface area contributed by atoms with Crippen molar-refractivity contribution < 1.29 is 0 Å². The summed E-state index contributed by atoms with van der Waals surface area (Å²) in [7, 11) is 0. The molecule has 1 aromatic rings. The number of rotatable bonds is 4. The maximum absolute atomic E-state index is 4.60. The molecular formula is C14H25N5. The minimum atomic E-state index is 0.402. The summed E-state index contributed by atoms with van der Waals surface area (Å²) in [5.74, 6) is 1.51. The van der Waals surface area contributed by atoms with Crippen LogP contribution >= 0.6 is 0 Å². The second-order valence-electron chi connectivity index (χ2n) is 5.72. The van der Waals surface area contributed by atoms with E-state index in [1.54, 1.807) is 0 Å². The van der Waals surface area contributed by atoms with Gasteiger partial charge in [0.05, 0.1) is 11.4 Å². The highest BCUT2D eigenvalue weighted by atomic mass is 15.3. The van der Waals surface area contributed by atoms with Gasteiger partial charge in [-0.1, -0.05) is 0 Å². The minimum absolute atomic E-state index is 0.402. The summed E-state index contributed by atoms with van der Waals surface area (Å²) in [5.41, 5.74) is 1.88. The lowest BCUT2D eigenvalue weighted by atomic mass is 9.97. The second kappa shape index (κ2) is 6.28. The van der Waals surface area contributed by atoms with Gasteiger partial charge in [-0.2, -0.15) is 5.10 Å². The summed E-state index contributed by atoms with van der Waals surface area (Å²) in [4.78, 5) is 6.88. The molecule has 1 N–H and O–H groups in total. The predicted octanol–water partition coefficient (Wildman–Crippen LogP) is 1.70. The van der Waals surface area contributed by atoms with Crippen molar-refractivity contribution in [2.75, 3.05) is 24.5 Å². The van der Waals surface area contributed by atoms with E-state index in [1.807, 2.05) is 13.8 Å². The van der Waals surface area contributed by atoms with Gasteiger partial charge < -0.3 is 10.2 Å². The Morgan fingerprint density at radius 1 is 1.16 bits per heavy atom. The molecule has 0 unspecified atom stereocenters. The number of piperidine rings is 1. The highest BCUT2D eigenvalue weighted by Gasteiger charge is 2.21. The van der Waals surface area contributed by atoms with Crippen LogP contribution in [0.1, 0.15) is 38.1 Å². The Morgan fingerprint density at radius 2 is 1.84 bits per heavy atom. The summed E-state index contributed by atoms with van der Waals surface area (Å²) in [6.07, 6.45) is 2.48. The third-order valence-electron chi connectivity index (χ3n) is 3.87. The normalized spacial score (nSPS) is 16.9. The van der Waals surface area contributed by atoms with Crippen LogP contribution in [-0.4, -0.2) is 40.9 Å². The molecule has 1 aliphatic rings. The maximum atomic E-state index is 4.60. The third-order valence-corrected chi connectivity index (χ3v) is 3.87. The quantitative estimate of drug-likeness (QED) is 0.896. The zero-order valence-corrected chi connectivity index (χ0v) is 12.5. The van der Waals surface area contributed by atoms with Gasteiger partial charge in [0, 0.05) is 12.6 Å². The van der Waals surface area contributed by atoms with Gasteiger partial charge >= 0.3 is 0 Å². The van der Waals surface area contributed by atoms with Crippen LogP contribution in [0.2, 0.25) is 0 Å². The highest BCUT2D eigenvalue weighted by molar-refractivity contribution is 5.31. The van der Waals surface area contributed by atoms with Crippen molar-refractivity contribution in [2.45, 2.75) is 46.6 Å². The highest BCUT2D eigenvalue weighted by Crippen LogP contribution is 2.19. The Hall–Kier alpha value is -1.23. The Balaban J connectivity index is 2.12. The zero-order chi connectivity index (χ0) is 13.8. The third kappa shape index (κ3) is 3.62. The lowest BCUT2D eigenvalue weighted by Crippen LogP contribution is -2.40. The molecule has 1 aromatic heterocycles. The Kier molecular flexibility index (Phi) is 4.69. The molecule has 5 heteroatoms. The lowest BCUT2D eigenvalue weighted by molar-refractivity contribution is 0.365. The Labute approximate surface area is 115 Å². The van der Waals surface area contributed by atoms with Crippen LogP contribution in [-0.2, 0) is 0 Å². The van der Waals surface area contributed by atoms with Gasteiger partial charge in [0.1, 0.15) is 0 Å². The monoisotopic (exact) mass is 263 g/mol. The van der Waals surface area contributed by atoms with E-state index < -0.39 is 0 Å². The molecule has 0 atom stereocenters. The maximum Gasteiger partial charge on any atom is 0.245 e. The molecule has 0 bridgehead atoms. The van der Waals surface area contributed by atoms with Gasteiger partial charge in [0.2, 0.25) is 5.95 Å². The molecule has 1 aliphatic heterocycles. The first-order valence-corrected chi connectivity index (χ1v) is 7.23. The smallest absolute Gasteiger partial charge is 0.245 e. The molecule has 2 heterocycles. The van der Waals surface area contributed by atoms with E-state index in [4.69, 9.17) is 0 Å². The molecule has 0 amide bonds. The Bertz CT molecular complexity index is 412. The number of aryl methyl sites for hydroxylation is 2. The van der Waals surface area contributed by atoms with Crippen LogP contribution < -0.4 is 10.2 Å². The average Bonchev–Trinajstić information content (AvgIpc) is 2.40. The van der Waals surface area contributed by atoms with Crippen molar-refractivity contribution >= 4 is 5.95 Å². The number of hydrogen-bond acceptors (Lipinski definition) is 5. The van der Waals surface area contributed by atoms with E-state index in [-0.39, 0.29) is 0 Å². The molecule has 0 saturated carbocycles. The molecule has 0 aliphatic carbocycles. The number of nitrogens with zero attached hydrogens (tertiary/aromatic N) is 4. The standard InChI is InChI=1S/C14H25N5/c1-10(2)19(9-13-5-7-15-8-6-13)14-16-11(3)12(4)17-18-14/h10,13,15H,5-9H2,1-4H3. The van der Waals surface area contributed by atoms with E-state index in [0.29, 0.717) is 6.04 Å². The number of nitrogens with one attached hydrogen (secondary N) is 1. The first-order chi connectivity index (χ1) is 9.08. The van der Waals surface area contributed by atoms with Crippen LogP contribution in [0.3, 0.4) is 0 Å². The van der Waals surface area contributed by atoms with Gasteiger partial charge in [-0.3, -0.25) is 0 Å². The predicted molar refractivity (Wildman–Crippen MR) is 77.4 cm³/mol. The van der Waals surface area contributed by atoms with E-state index in [1.165, 1.54) is 12.8 Å². The Morgan fingerprint density at radius 3 is 2.42 bits per heavy atom. The van der Waals surface area contributed by atoms with Crippen molar-refractivity contribution in [2.24, 2.45) is 5.92 Å². The van der Waals surface area contributed by atoms with E-state index >= 15 is 0 Å². The number of aromatic nitrogens is 3. The molecular weight excluding hydrogens is 238 g/mol. The largest absolute Gasteiger partial charge is 0.337 e. The summed E-state index contributed by atoms with van der Waals surface area (Å²) < 4.78 is 0. The molecule has 1 saturated heterocycles. The van der Waals surface area contributed by atoms with Crippen molar-refractivity contribution in [1.29, 1.82) is 0 Å². The van der Waals surface area contributed by atoms with E-state index in [2.05, 4.69) is 39.2 Å². The first kappa shape index (κ1) is 14.2. The van der Waals surface area contributed by atoms with Crippen LogP contribution in [0, 0.1) is 19.8 Å². The van der Waals surface area contributed by atoms with Crippen molar-refractivity contribution in [3.8, 4) is 0 Å². The molecule has 2 rings (SSSR count). The average molecular weight is 263 g/mol.